The van der Waals surface area contributed by atoms with E-state index in [4.69, 9.17) is 0 Å². The SMILES string of the molecule is Cc1ccc(CN2C[C@@H]3CCCN[C@@H]3C2)s1. The second kappa shape index (κ2) is 4.47. The number of aryl methyl sites for hydroxylation is 1. The Morgan fingerprint density at radius 2 is 2.38 bits per heavy atom. The van der Waals surface area contributed by atoms with Gasteiger partial charge in [0.15, 0.2) is 0 Å². The second-order valence-corrected chi connectivity index (χ2v) is 6.54. The van der Waals surface area contributed by atoms with Gasteiger partial charge < -0.3 is 5.32 Å². The molecule has 0 saturated carbocycles. The number of hydrogen-bond donors (Lipinski definition) is 1. The Morgan fingerprint density at radius 1 is 1.44 bits per heavy atom. The highest BCUT2D eigenvalue weighted by Crippen LogP contribution is 2.27. The van der Waals surface area contributed by atoms with Crippen LogP contribution in [0, 0.1) is 12.8 Å². The van der Waals surface area contributed by atoms with Gasteiger partial charge in [0.05, 0.1) is 0 Å². The number of thiophene rings is 1. The molecule has 0 bridgehead atoms. The lowest BCUT2D eigenvalue weighted by atomic mass is 9.94. The van der Waals surface area contributed by atoms with Crippen molar-refractivity contribution in [3.05, 3.63) is 21.9 Å². The maximum Gasteiger partial charge on any atom is 0.0328 e. The van der Waals surface area contributed by atoms with Gasteiger partial charge in [0.2, 0.25) is 0 Å². The van der Waals surface area contributed by atoms with Crippen molar-refractivity contribution in [2.24, 2.45) is 5.92 Å². The summed E-state index contributed by atoms with van der Waals surface area (Å²) in [5.41, 5.74) is 0. The largest absolute Gasteiger partial charge is 0.312 e. The molecule has 88 valence electrons. The molecule has 1 N–H and O–H groups in total. The molecule has 0 unspecified atom stereocenters. The third-order valence-corrected chi connectivity index (χ3v) is 4.84. The van der Waals surface area contributed by atoms with Crippen molar-refractivity contribution >= 4 is 11.3 Å². The van der Waals surface area contributed by atoms with Crippen molar-refractivity contribution in [1.82, 2.24) is 10.2 Å². The molecule has 2 atom stereocenters. The Balaban J connectivity index is 1.61. The average molecular weight is 236 g/mol. The Labute approximate surface area is 102 Å². The topological polar surface area (TPSA) is 15.3 Å². The van der Waals surface area contributed by atoms with E-state index >= 15 is 0 Å². The van der Waals surface area contributed by atoms with Crippen LogP contribution in [-0.4, -0.2) is 30.6 Å². The number of likely N-dealkylation sites (tertiary alicyclic amines) is 1. The predicted molar refractivity (Wildman–Crippen MR) is 68.8 cm³/mol. The normalized spacial score (nSPS) is 30.6. The first kappa shape index (κ1) is 10.8. The van der Waals surface area contributed by atoms with Crippen LogP contribution in [0.2, 0.25) is 0 Å². The summed E-state index contributed by atoms with van der Waals surface area (Å²) in [6.07, 6.45) is 2.80. The summed E-state index contributed by atoms with van der Waals surface area (Å²) >= 11 is 1.95. The zero-order valence-corrected chi connectivity index (χ0v) is 10.7. The molecule has 2 fully saturated rings. The zero-order chi connectivity index (χ0) is 11.0. The minimum atomic E-state index is 0.773. The van der Waals surface area contributed by atoms with Gasteiger partial charge in [-0.25, -0.2) is 0 Å². The highest BCUT2D eigenvalue weighted by atomic mass is 32.1. The number of nitrogens with one attached hydrogen (secondary N) is 1. The van der Waals surface area contributed by atoms with Gasteiger partial charge in [0.1, 0.15) is 0 Å². The average Bonchev–Trinajstić information content (AvgIpc) is 2.84. The van der Waals surface area contributed by atoms with Crippen molar-refractivity contribution in [2.45, 2.75) is 32.4 Å². The molecule has 0 spiro atoms. The predicted octanol–water partition coefficient (Wildman–Crippen LogP) is 2.24. The highest BCUT2D eigenvalue weighted by Gasteiger charge is 2.33. The molecule has 3 rings (SSSR count). The van der Waals surface area contributed by atoms with E-state index in [0.717, 1.165) is 18.5 Å². The van der Waals surface area contributed by atoms with Crippen LogP contribution in [-0.2, 0) is 6.54 Å². The van der Waals surface area contributed by atoms with E-state index in [0.29, 0.717) is 0 Å². The minimum absolute atomic E-state index is 0.773. The van der Waals surface area contributed by atoms with Gasteiger partial charge in [-0.2, -0.15) is 0 Å². The number of nitrogens with zero attached hydrogens (tertiary/aromatic N) is 1. The molecule has 3 heteroatoms. The lowest BCUT2D eigenvalue weighted by Gasteiger charge is -2.24. The fraction of sp³-hybridized carbons (Fsp3) is 0.692. The molecule has 0 radical (unpaired) electrons. The fourth-order valence-corrected chi connectivity index (χ4v) is 3.99. The molecule has 2 aliphatic heterocycles. The van der Waals surface area contributed by atoms with Crippen molar-refractivity contribution in [1.29, 1.82) is 0 Å². The van der Waals surface area contributed by atoms with Crippen molar-refractivity contribution in [2.75, 3.05) is 19.6 Å². The molecule has 1 aromatic heterocycles. The van der Waals surface area contributed by atoms with Gasteiger partial charge in [0.25, 0.3) is 0 Å². The molecular formula is C13H20N2S. The third-order valence-electron chi connectivity index (χ3n) is 3.85. The van der Waals surface area contributed by atoms with Crippen LogP contribution in [0.1, 0.15) is 22.6 Å². The molecule has 3 heterocycles. The zero-order valence-electron chi connectivity index (χ0n) is 9.91. The smallest absolute Gasteiger partial charge is 0.0328 e. The molecule has 2 nitrogen and oxygen atoms in total. The van der Waals surface area contributed by atoms with E-state index in [9.17, 15) is 0 Å². The third kappa shape index (κ3) is 2.17. The maximum atomic E-state index is 3.66. The first-order valence-corrected chi connectivity index (χ1v) is 7.14. The second-order valence-electron chi connectivity index (χ2n) is 5.17. The molecule has 0 amide bonds. The molecule has 0 aliphatic carbocycles. The van der Waals surface area contributed by atoms with Crippen molar-refractivity contribution in [3.8, 4) is 0 Å². The molecule has 0 aromatic carbocycles. The van der Waals surface area contributed by atoms with E-state index in [-0.39, 0.29) is 0 Å². The Bertz CT molecular complexity index is 347. The van der Waals surface area contributed by atoms with Crippen LogP contribution in [0.5, 0.6) is 0 Å². The number of hydrogen-bond acceptors (Lipinski definition) is 3. The first-order valence-electron chi connectivity index (χ1n) is 6.32. The van der Waals surface area contributed by atoms with Gasteiger partial charge in [-0.05, 0) is 44.4 Å². The van der Waals surface area contributed by atoms with E-state index in [2.05, 4.69) is 29.3 Å². The Kier molecular flexibility index (Phi) is 3.01. The number of fused-ring (bicyclic) bond motifs is 1. The monoisotopic (exact) mass is 236 g/mol. The quantitative estimate of drug-likeness (QED) is 0.847. The fourth-order valence-electron chi connectivity index (χ4n) is 3.06. The van der Waals surface area contributed by atoms with Crippen LogP contribution < -0.4 is 5.32 Å². The van der Waals surface area contributed by atoms with E-state index in [1.54, 1.807) is 0 Å². The van der Waals surface area contributed by atoms with Crippen LogP contribution in [0.15, 0.2) is 12.1 Å². The summed E-state index contributed by atoms with van der Waals surface area (Å²) in [6.45, 7) is 7.13. The summed E-state index contributed by atoms with van der Waals surface area (Å²) in [7, 11) is 0. The van der Waals surface area contributed by atoms with Gasteiger partial charge >= 0.3 is 0 Å². The molecule has 2 saturated heterocycles. The lowest BCUT2D eigenvalue weighted by molar-refractivity contribution is 0.315. The summed E-state index contributed by atoms with van der Waals surface area (Å²) < 4.78 is 0. The van der Waals surface area contributed by atoms with E-state index in [1.807, 2.05) is 11.3 Å². The summed E-state index contributed by atoms with van der Waals surface area (Å²) in [6, 6.07) is 5.30. The summed E-state index contributed by atoms with van der Waals surface area (Å²) in [4.78, 5) is 5.58. The Morgan fingerprint density at radius 3 is 3.12 bits per heavy atom. The molecule has 1 aromatic rings. The first-order chi connectivity index (χ1) is 7.81. The van der Waals surface area contributed by atoms with Gasteiger partial charge in [-0.1, -0.05) is 0 Å². The van der Waals surface area contributed by atoms with Crippen molar-refractivity contribution in [3.63, 3.8) is 0 Å². The van der Waals surface area contributed by atoms with Gasteiger partial charge in [-0.3, -0.25) is 4.90 Å². The van der Waals surface area contributed by atoms with E-state index < -0.39 is 0 Å². The van der Waals surface area contributed by atoms with Crippen molar-refractivity contribution < 1.29 is 0 Å². The van der Waals surface area contributed by atoms with Crippen LogP contribution in [0.25, 0.3) is 0 Å². The van der Waals surface area contributed by atoms with Crippen LogP contribution >= 0.6 is 11.3 Å². The highest BCUT2D eigenvalue weighted by molar-refractivity contribution is 7.11. The molecule has 2 aliphatic rings. The minimum Gasteiger partial charge on any atom is -0.312 e. The molecule has 16 heavy (non-hydrogen) atoms. The van der Waals surface area contributed by atoms with Gasteiger partial charge in [-0.15, -0.1) is 11.3 Å². The lowest BCUT2D eigenvalue weighted by Crippen LogP contribution is -2.40. The summed E-state index contributed by atoms with van der Waals surface area (Å²) in [5.74, 6) is 0.912. The number of piperidine rings is 1. The standard InChI is InChI=1S/C13H20N2S/c1-10-4-5-12(16-10)8-15-7-11-3-2-6-14-13(11)9-15/h4-5,11,13-14H,2-3,6-9H2,1H3/t11-,13+/m0/s1. The Hall–Kier alpha value is -0.380. The summed E-state index contributed by atoms with van der Waals surface area (Å²) in [5, 5.41) is 3.66. The maximum absolute atomic E-state index is 3.66. The van der Waals surface area contributed by atoms with Gasteiger partial charge in [0, 0.05) is 35.4 Å². The van der Waals surface area contributed by atoms with Crippen LogP contribution in [0.3, 0.4) is 0 Å². The van der Waals surface area contributed by atoms with E-state index in [1.165, 1.54) is 42.2 Å². The van der Waals surface area contributed by atoms with Crippen LogP contribution in [0.4, 0.5) is 0 Å². The molecular weight excluding hydrogens is 216 g/mol. The number of rotatable bonds is 2.